The molecule has 1 fully saturated rings. The predicted molar refractivity (Wildman–Crippen MR) is 77.5 cm³/mol. The molecule has 0 aromatic heterocycles. The first-order chi connectivity index (χ1) is 7.66. The molecule has 0 aromatic carbocycles. The molecule has 0 bridgehead atoms. The molecule has 1 aliphatic carbocycles. The van der Waals surface area contributed by atoms with Crippen LogP contribution in [0, 0.1) is 5.92 Å². The zero-order chi connectivity index (χ0) is 13.3. The zero-order valence-corrected chi connectivity index (χ0v) is 14.3. The summed E-state index contributed by atoms with van der Waals surface area (Å²) in [5, 5.41) is 0. The van der Waals surface area contributed by atoms with E-state index >= 15 is 0 Å². The fourth-order valence-corrected chi connectivity index (χ4v) is 3.34. The molecule has 0 heterocycles. The lowest BCUT2D eigenvalue weighted by molar-refractivity contribution is -0.133. The molecule has 1 atom stereocenters. The van der Waals surface area contributed by atoms with Crippen LogP contribution in [-0.4, -0.2) is 18.6 Å². The number of hydrogen-bond acceptors (Lipinski definition) is 2. The van der Waals surface area contributed by atoms with Gasteiger partial charge in [0.1, 0.15) is 3.23 Å². The molecule has 7 heteroatoms. The van der Waals surface area contributed by atoms with Gasteiger partial charge in [0.2, 0.25) is 3.79 Å². The number of ketones is 2. The van der Waals surface area contributed by atoms with Crippen LogP contribution >= 0.6 is 66.7 Å². The molecule has 1 rings (SSSR count). The first-order valence-electron chi connectivity index (χ1n) is 5.19. The van der Waals surface area contributed by atoms with Gasteiger partial charge in [0, 0.05) is 0 Å². The lowest BCUT2D eigenvalue weighted by Crippen LogP contribution is -2.41. The molecule has 0 aromatic rings. The highest BCUT2D eigenvalue weighted by atomic mass is 79.9. The standard InChI is InChI=1S/C10H11Br2Cl3O2/c11-9(12)5-3-1-2-4-6(7(9)16)8(17)10(13,14)15/h6H,1-5H2. The number of carbonyl (C=O) groups is 2. The molecular weight excluding hydrogens is 418 g/mol. The summed E-state index contributed by atoms with van der Waals surface area (Å²) in [5.74, 6) is -1.76. The summed E-state index contributed by atoms with van der Waals surface area (Å²) in [6.45, 7) is 0. The van der Waals surface area contributed by atoms with Crippen LogP contribution in [-0.2, 0) is 9.59 Å². The summed E-state index contributed by atoms with van der Waals surface area (Å²) in [7, 11) is 0. The summed E-state index contributed by atoms with van der Waals surface area (Å²) < 4.78 is -2.91. The van der Waals surface area contributed by atoms with Crippen LogP contribution in [0.4, 0.5) is 0 Å². The van der Waals surface area contributed by atoms with Crippen molar-refractivity contribution in [3.63, 3.8) is 0 Å². The summed E-state index contributed by atoms with van der Waals surface area (Å²) in [6.07, 6.45) is 3.71. The lowest BCUT2D eigenvalue weighted by Gasteiger charge is -2.28. The Morgan fingerprint density at radius 3 is 2.35 bits per heavy atom. The van der Waals surface area contributed by atoms with Gasteiger partial charge in [-0.25, -0.2) is 0 Å². The number of hydrogen-bond donors (Lipinski definition) is 0. The zero-order valence-electron chi connectivity index (χ0n) is 8.82. The van der Waals surface area contributed by atoms with E-state index in [1.807, 2.05) is 0 Å². The maximum Gasteiger partial charge on any atom is 0.249 e. The van der Waals surface area contributed by atoms with Crippen molar-refractivity contribution in [1.82, 2.24) is 0 Å². The normalized spacial score (nSPS) is 26.2. The summed E-state index contributed by atoms with van der Waals surface area (Å²) >= 11 is 23.3. The van der Waals surface area contributed by atoms with E-state index in [2.05, 4.69) is 31.9 Å². The molecule has 1 aliphatic rings. The number of Topliss-reactive ketones (excluding diaryl/α,β-unsaturated/α-hetero) is 2. The molecule has 0 spiro atoms. The Kier molecular flexibility index (Phi) is 5.80. The van der Waals surface area contributed by atoms with Gasteiger partial charge in [0.15, 0.2) is 11.6 Å². The van der Waals surface area contributed by atoms with Crippen molar-refractivity contribution in [2.24, 2.45) is 5.92 Å². The molecule has 1 saturated carbocycles. The van der Waals surface area contributed by atoms with Crippen molar-refractivity contribution in [2.75, 3.05) is 0 Å². The smallest absolute Gasteiger partial charge is 0.249 e. The molecule has 1 unspecified atom stereocenters. The SMILES string of the molecule is O=C(C1CCCCCC(Br)(Br)C1=O)C(Cl)(Cl)Cl. The van der Waals surface area contributed by atoms with E-state index in [1.165, 1.54) is 0 Å². The highest BCUT2D eigenvalue weighted by Gasteiger charge is 2.46. The van der Waals surface area contributed by atoms with Gasteiger partial charge in [-0.15, -0.1) is 0 Å². The van der Waals surface area contributed by atoms with Gasteiger partial charge in [0.05, 0.1) is 5.92 Å². The predicted octanol–water partition coefficient (Wildman–Crippen LogP) is 4.56. The Balaban J connectivity index is 2.95. The Bertz CT molecular complexity index is 326. The van der Waals surface area contributed by atoms with Crippen molar-refractivity contribution >= 4 is 78.2 Å². The maximum atomic E-state index is 12.2. The van der Waals surface area contributed by atoms with Crippen LogP contribution in [0.15, 0.2) is 0 Å². The fraction of sp³-hybridized carbons (Fsp3) is 0.800. The molecular formula is C10H11Br2Cl3O2. The second-order valence-corrected chi connectivity index (χ2v) is 10.1. The highest BCUT2D eigenvalue weighted by molar-refractivity contribution is 9.25. The molecule has 0 aliphatic heterocycles. The average Bonchev–Trinajstić information content (AvgIpc) is 2.18. The largest absolute Gasteiger partial charge is 0.296 e. The van der Waals surface area contributed by atoms with Gasteiger partial charge >= 0.3 is 0 Å². The minimum atomic E-state index is -2.03. The van der Waals surface area contributed by atoms with Crippen LogP contribution in [0.25, 0.3) is 0 Å². The minimum absolute atomic E-state index is 0.256. The van der Waals surface area contributed by atoms with Crippen LogP contribution in [0.5, 0.6) is 0 Å². The third-order valence-electron chi connectivity index (χ3n) is 2.76. The van der Waals surface area contributed by atoms with Crippen molar-refractivity contribution in [3.05, 3.63) is 0 Å². The summed E-state index contributed by atoms with van der Waals surface area (Å²) in [5.41, 5.74) is 0. The topological polar surface area (TPSA) is 34.1 Å². The van der Waals surface area contributed by atoms with Gasteiger partial charge in [-0.2, -0.15) is 0 Å². The molecule has 0 amide bonds. The third kappa shape index (κ3) is 4.34. The van der Waals surface area contributed by atoms with Gasteiger partial charge in [-0.1, -0.05) is 85.9 Å². The van der Waals surface area contributed by atoms with Crippen molar-refractivity contribution in [1.29, 1.82) is 0 Å². The fourth-order valence-electron chi connectivity index (χ4n) is 1.83. The molecule has 98 valence electrons. The number of alkyl halides is 5. The van der Waals surface area contributed by atoms with E-state index in [9.17, 15) is 9.59 Å². The van der Waals surface area contributed by atoms with Gasteiger partial charge in [0.25, 0.3) is 0 Å². The van der Waals surface area contributed by atoms with Gasteiger partial charge < -0.3 is 0 Å². The summed E-state index contributed by atoms with van der Waals surface area (Å²) in [4.78, 5) is 24.1. The minimum Gasteiger partial charge on any atom is -0.296 e. The highest BCUT2D eigenvalue weighted by Crippen LogP contribution is 2.41. The molecule has 2 nitrogen and oxygen atoms in total. The van der Waals surface area contributed by atoms with E-state index in [1.54, 1.807) is 0 Å². The van der Waals surface area contributed by atoms with Crippen molar-refractivity contribution in [3.8, 4) is 0 Å². The third-order valence-corrected chi connectivity index (χ3v) is 4.89. The number of rotatable bonds is 1. The van der Waals surface area contributed by atoms with E-state index < -0.39 is 18.7 Å². The first-order valence-corrected chi connectivity index (χ1v) is 7.91. The lowest BCUT2D eigenvalue weighted by atomic mass is 9.87. The van der Waals surface area contributed by atoms with E-state index in [4.69, 9.17) is 34.8 Å². The van der Waals surface area contributed by atoms with E-state index in [-0.39, 0.29) is 5.78 Å². The average molecular weight is 429 g/mol. The van der Waals surface area contributed by atoms with Crippen LogP contribution in [0.1, 0.15) is 32.1 Å². The first kappa shape index (κ1) is 16.2. The quantitative estimate of drug-likeness (QED) is 0.453. The second-order valence-electron chi connectivity index (χ2n) is 4.08. The Hall–Kier alpha value is 1.17. The molecule has 0 saturated heterocycles. The monoisotopic (exact) mass is 426 g/mol. The molecule has 0 N–H and O–H groups in total. The van der Waals surface area contributed by atoms with E-state index in [0.717, 1.165) is 19.3 Å². The van der Waals surface area contributed by atoms with Crippen LogP contribution < -0.4 is 0 Å². The summed E-state index contributed by atoms with van der Waals surface area (Å²) in [6, 6.07) is 0. The maximum absolute atomic E-state index is 12.2. The number of carbonyl (C=O) groups excluding carboxylic acids is 2. The Labute approximate surface area is 132 Å². The second kappa shape index (κ2) is 6.08. The van der Waals surface area contributed by atoms with Crippen molar-refractivity contribution in [2.45, 2.75) is 39.1 Å². The molecule has 0 radical (unpaired) electrons. The van der Waals surface area contributed by atoms with Crippen molar-refractivity contribution < 1.29 is 9.59 Å². The number of halogens is 5. The van der Waals surface area contributed by atoms with Crippen LogP contribution in [0.2, 0.25) is 0 Å². The van der Waals surface area contributed by atoms with E-state index in [0.29, 0.717) is 12.8 Å². The Morgan fingerprint density at radius 2 is 1.82 bits per heavy atom. The van der Waals surface area contributed by atoms with Gasteiger partial charge in [-0.05, 0) is 12.8 Å². The van der Waals surface area contributed by atoms with Crippen LogP contribution in [0.3, 0.4) is 0 Å². The molecule has 17 heavy (non-hydrogen) atoms. The Morgan fingerprint density at radius 1 is 1.24 bits per heavy atom. The van der Waals surface area contributed by atoms with Gasteiger partial charge in [-0.3, -0.25) is 9.59 Å².